The van der Waals surface area contributed by atoms with Crippen LogP contribution in [0.5, 0.6) is 0 Å². The van der Waals surface area contributed by atoms with Crippen molar-refractivity contribution in [2.75, 3.05) is 13.7 Å². The molecule has 1 aromatic carbocycles. The van der Waals surface area contributed by atoms with Crippen LogP contribution in [0.2, 0.25) is 0 Å². The number of esters is 1. The third-order valence-electron chi connectivity index (χ3n) is 9.36. The van der Waals surface area contributed by atoms with Crippen molar-refractivity contribution in [2.45, 2.75) is 109 Å². The molecule has 2 heterocycles. The van der Waals surface area contributed by atoms with Gasteiger partial charge in [-0.15, -0.1) is 0 Å². The molecule has 11 nitrogen and oxygen atoms in total. The van der Waals surface area contributed by atoms with Crippen molar-refractivity contribution in [1.82, 2.24) is 15.8 Å². The zero-order valence-electron chi connectivity index (χ0n) is 26.6. The van der Waals surface area contributed by atoms with Crippen molar-refractivity contribution in [1.29, 1.82) is 0 Å². The minimum Gasteiger partial charge on any atom is -0.467 e. The topological polar surface area (TPSA) is 171 Å². The normalized spacial score (nSPS) is 22.0. The van der Waals surface area contributed by atoms with Gasteiger partial charge in [-0.25, -0.2) is 4.79 Å². The number of carbonyl (C=O) groups excluding carboxylic acids is 3. The van der Waals surface area contributed by atoms with E-state index in [0.29, 0.717) is 43.6 Å². The molecule has 44 heavy (non-hydrogen) atoms. The van der Waals surface area contributed by atoms with Gasteiger partial charge < -0.3 is 35.2 Å². The average Bonchev–Trinajstić information content (AvgIpc) is 3.52. The first kappa shape index (κ1) is 35.2. The second-order valence-corrected chi connectivity index (χ2v) is 13.0. The van der Waals surface area contributed by atoms with E-state index in [9.17, 15) is 29.7 Å². The molecule has 3 atom stereocenters. The largest absolute Gasteiger partial charge is 0.467 e. The summed E-state index contributed by atoms with van der Waals surface area (Å²) in [6, 6.07) is 12.0. The molecule has 2 aromatic rings. The van der Waals surface area contributed by atoms with Gasteiger partial charge in [0.2, 0.25) is 11.8 Å². The van der Waals surface area contributed by atoms with Crippen LogP contribution in [-0.2, 0) is 38.5 Å². The van der Waals surface area contributed by atoms with Crippen LogP contribution in [0.25, 0.3) is 0 Å². The first-order chi connectivity index (χ1) is 20.7. The Morgan fingerprint density at radius 2 is 1.77 bits per heavy atom. The molecule has 2 amide bonds. The van der Waals surface area contributed by atoms with Crippen molar-refractivity contribution < 1.29 is 39.0 Å². The number of hydrogen-bond acceptors (Lipinski definition) is 9. The van der Waals surface area contributed by atoms with E-state index in [1.54, 1.807) is 33.8 Å². The van der Waals surface area contributed by atoms with Crippen molar-refractivity contribution in [3.63, 3.8) is 0 Å². The van der Waals surface area contributed by atoms with Crippen molar-refractivity contribution >= 4 is 17.8 Å². The van der Waals surface area contributed by atoms with E-state index in [-0.39, 0.29) is 18.9 Å². The van der Waals surface area contributed by atoms with Crippen LogP contribution in [0.4, 0.5) is 0 Å². The molecule has 1 aliphatic heterocycles. The number of aliphatic hydroxyl groups is 3. The first-order valence-corrected chi connectivity index (χ1v) is 15.4. The number of carbonyl (C=O) groups is 3. The second-order valence-electron chi connectivity index (χ2n) is 13.0. The van der Waals surface area contributed by atoms with Gasteiger partial charge in [0.1, 0.15) is 5.60 Å². The molecule has 1 unspecified atom stereocenters. The number of aromatic nitrogens is 1. The van der Waals surface area contributed by atoms with Gasteiger partial charge in [0.05, 0.1) is 42.9 Å². The molecule has 1 fully saturated rings. The Hall–Kier alpha value is -3.28. The number of aryl methyl sites for hydroxylation is 2. The van der Waals surface area contributed by atoms with Gasteiger partial charge in [-0.2, -0.15) is 0 Å². The zero-order chi connectivity index (χ0) is 32.6. The van der Waals surface area contributed by atoms with Gasteiger partial charge in [-0.1, -0.05) is 54.8 Å². The highest BCUT2D eigenvalue weighted by molar-refractivity contribution is 5.98. The molecule has 11 heteroatoms. The first-order valence-electron chi connectivity index (χ1n) is 15.4. The lowest BCUT2D eigenvalue weighted by Crippen LogP contribution is -2.67. The van der Waals surface area contributed by atoms with Crippen LogP contribution in [0.3, 0.4) is 0 Å². The minimum atomic E-state index is -1.93. The standard InChI is InChI=1S/C33H49N3O8/c1-30(2,26(38)18-12-11-16-23-14-8-6-9-15-23)27(39)34-21-25-20-24(36-44-25)17-10-7-13-19-33(42)31(3,4)28(40)35-32(33,22-37)29(41)43-5/h6,8-9,14-15,20,26,37-38,42H,7,10-13,16-19,21-22H2,1-5H3,(H,34,39)(H,35,40)/t26?,32-,33-/m0/s1. The summed E-state index contributed by atoms with van der Waals surface area (Å²) < 4.78 is 10.2. The van der Waals surface area contributed by atoms with Crippen LogP contribution in [0.1, 0.15) is 89.7 Å². The van der Waals surface area contributed by atoms with E-state index in [1.807, 2.05) is 18.2 Å². The predicted molar refractivity (Wildman–Crippen MR) is 163 cm³/mol. The molecule has 0 radical (unpaired) electrons. The van der Waals surface area contributed by atoms with E-state index in [4.69, 9.17) is 9.26 Å². The van der Waals surface area contributed by atoms with Crippen LogP contribution in [0, 0.1) is 10.8 Å². The Labute approximate surface area is 259 Å². The molecule has 5 N–H and O–H groups in total. The third kappa shape index (κ3) is 7.33. The second kappa shape index (κ2) is 14.7. The number of nitrogens with zero attached hydrogens (tertiary/aromatic N) is 1. The fraction of sp³-hybridized carbons (Fsp3) is 0.636. The van der Waals surface area contributed by atoms with Crippen LogP contribution in [0.15, 0.2) is 40.9 Å². The Balaban J connectivity index is 1.42. The van der Waals surface area contributed by atoms with Gasteiger partial charge >= 0.3 is 5.97 Å². The van der Waals surface area contributed by atoms with Crippen molar-refractivity contribution in [3.05, 3.63) is 53.4 Å². The Bertz CT molecular complexity index is 1260. The maximum atomic E-state index is 12.9. The van der Waals surface area contributed by atoms with Gasteiger partial charge in [0.15, 0.2) is 11.3 Å². The smallest absolute Gasteiger partial charge is 0.337 e. The Morgan fingerprint density at radius 3 is 2.43 bits per heavy atom. The minimum absolute atomic E-state index is 0.0964. The van der Waals surface area contributed by atoms with Gasteiger partial charge in [0, 0.05) is 6.07 Å². The Morgan fingerprint density at radius 1 is 1.09 bits per heavy atom. The highest BCUT2D eigenvalue weighted by atomic mass is 16.5. The van der Waals surface area contributed by atoms with Gasteiger partial charge in [-0.05, 0) is 71.8 Å². The van der Waals surface area contributed by atoms with Gasteiger partial charge in [-0.3, -0.25) is 9.59 Å². The van der Waals surface area contributed by atoms with Crippen LogP contribution < -0.4 is 10.6 Å². The third-order valence-corrected chi connectivity index (χ3v) is 9.36. The van der Waals surface area contributed by atoms with E-state index >= 15 is 0 Å². The quantitative estimate of drug-likeness (QED) is 0.133. The summed E-state index contributed by atoms with van der Waals surface area (Å²) in [4.78, 5) is 38.1. The molecule has 0 saturated carbocycles. The average molecular weight is 616 g/mol. The summed E-state index contributed by atoms with van der Waals surface area (Å²) >= 11 is 0. The molecular weight excluding hydrogens is 566 g/mol. The molecule has 1 saturated heterocycles. The maximum absolute atomic E-state index is 12.9. The molecule has 1 aliphatic rings. The molecule has 0 aliphatic carbocycles. The number of unbranched alkanes of at least 4 members (excludes halogenated alkanes) is 3. The monoisotopic (exact) mass is 615 g/mol. The zero-order valence-corrected chi connectivity index (χ0v) is 26.6. The number of hydrogen-bond donors (Lipinski definition) is 5. The number of rotatable bonds is 17. The predicted octanol–water partition coefficient (Wildman–Crippen LogP) is 2.99. The van der Waals surface area contributed by atoms with Crippen LogP contribution >= 0.6 is 0 Å². The van der Waals surface area contributed by atoms with E-state index in [2.05, 4.69) is 27.9 Å². The molecule has 0 bridgehead atoms. The number of ether oxygens (including phenoxy) is 1. The highest BCUT2D eigenvalue weighted by Gasteiger charge is 2.71. The lowest BCUT2D eigenvalue weighted by atomic mass is 9.65. The van der Waals surface area contributed by atoms with Crippen molar-refractivity contribution in [2.24, 2.45) is 10.8 Å². The number of benzene rings is 1. The van der Waals surface area contributed by atoms with E-state index in [1.165, 1.54) is 5.56 Å². The lowest BCUT2D eigenvalue weighted by Gasteiger charge is -2.43. The number of nitrogens with one attached hydrogen (secondary N) is 2. The fourth-order valence-electron chi connectivity index (χ4n) is 5.97. The molecule has 3 rings (SSSR count). The summed E-state index contributed by atoms with van der Waals surface area (Å²) in [5.41, 5.74) is -4.08. The number of methoxy groups -OCH3 is 1. The summed E-state index contributed by atoms with van der Waals surface area (Å²) in [7, 11) is 1.15. The summed E-state index contributed by atoms with van der Waals surface area (Å²) in [6.45, 7) is 5.94. The summed E-state index contributed by atoms with van der Waals surface area (Å²) in [5.74, 6) is -1.18. The number of amides is 2. The van der Waals surface area contributed by atoms with Crippen molar-refractivity contribution in [3.8, 4) is 0 Å². The molecule has 244 valence electrons. The molecule has 1 aromatic heterocycles. The van der Waals surface area contributed by atoms with Gasteiger partial charge in [0.25, 0.3) is 0 Å². The maximum Gasteiger partial charge on any atom is 0.337 e. The lowest BCUT2D eigenvalue weighted by molar-refractivity contribution is -0.172. The Kier molecular flexibility index (Phi) is 11.7. The van der Waals surface area contributed by atoms with Crippen LogP contribution in [-0.4, -0.2) is 69.2 Å². The van der Waals surface area contributed by atoms with E-state index in [0.717, 1.165) is 26.4 Å². The highest BCUT2D eigenvalue weighted by Crippen LogP contribution is 2.48. The molecular formula is C33H49N3O8. The summed E-state index contributed by atoms with van der Waals surface area (Å²) in [6.07, 6.45) is 4.97. The fourth-order valence-corrected chi connectivity index (χ4v) is 5.97. The SMILES string of the molecule is COC(=O)[C@]1(CO)NC(=O)C(C)(C)[C@@]1(O)CCCCCc1cc(CNC(=O)C(C)(C)C(O)CCCCc2ccccc2)on1. The number of aliphatic hydroxyl groups excluding tert-OH is 2. The summed E-state index contributed by atoms with van der Waals surface area (Å²) in [5, 5.41) is 41.8. The molecule has 0 spiro atoms. The van der Waals surface area contributed by atoms with E-state index < -0.39 is 46.6 Å².